The molecule has 6 heteroatoms. The highest BCUT2D eigenvalue weighted by molar-refractivity contribution is 14.1. The zero-order valence-corrected chi connectivity index (χ0v) is 10.3. The Labute approximate surface area is 105 Å². The van der Waals surface area contributed by atoms with Crippen LogP contribution in [0.1, 0.15) is 0 Å². The van der Waals surface area contributed by atoms with Gasteiger partial charge in [-0.1, -0.05) is 6.07 Å². The number of nitrogens with one attached hydrogen (secondary N) is 1. The van der Waals surface area contributed by atoms with Crippen LogP contribution < -0.4 is 11.1 Å². The molecule has 0 aliphatic carbocycles. The zero-order chi connectivity index (χ0) is 11.5. The first-order valence-corrected chi connectivity index (χ1v) is 5.53. The molecule has 1 aromatic carbocycles. The van der Waals surface area contributed by atoms with E-state index < -0.39 is 5.82 Å². The van der Waals surface area contributed by atoms with Gasteiger partial charge in [0.25, 0.3) is 0 Å². The van der Waals surface area contributed by atoms with Crippen molar-refractivity contribution in [1.82, 2.24) is 9.97 Å². The largest absolute Gasteiger partial charge is 0.368 e. The van der Waals surface area contributed by atoms with Gasteiger partial charge < -0.3 is 11.1 Å². The van der Waals surface area contributed by atoms with Gasteiger partial charge in [0.1, 0.15) is 0 Å². The highest BCUT2D eigenvalue weighted by Gasteiger charge is 2.05. The minimum absolute atomic E-state index is 0.0366. The average molecular weight is 330 g/mol. The number of rotatable bonds is 2. The summed E-state index contributed by atoms with van der Waals surface area (Å²) in [4.78, 5) is 7.32. The molecule has 3 N–H and O–H groups in total. The molecule has 16 heavy (non-hydrogen) atoms. The van der Waals surface area contributed by atoms with E-state index >= 15 is 0 Å². The maximum atomic E-state index is 13.3. The van der Waals surface area contributed by atoms with Gasteiger partial charge in [0.05, 0.1) is 6.20 Å². The van der Waals surface area contributed by atoms with Crippen LogP contribution in [0.3, 0.4) is 0 Å². The van der Waals surface area contributed by atoms with Crippen molar-refractivity contribution >= 4 is 40.0 Å². The molecule has 0 aliphatic rings. The molecule has 1 aromatic heterocycles. The van der Waals surface area contributed by atoms with E-state index in [9.17, 15) is 4.39 Å². The van der Waals surface area contributed by atoms with Crippen LogP contribution in [0.2, 0.25) is 0 Å². The fourth-order valence-corrected chi connectivity index (χ4v) is 1.71. The lowest BCUT2D eigenvalue weighted by Gasteiger charge is -2.06. The number of benzene rings is 1. The van der Waals surface area contributed by atoms with Crippen LogP contribution in [-0.2, 0) is 0 Å². The van der Waals surface area contributed by atoms with Gasteiger partial charge in [-0.25, -0.2) is 9.37 Å². The van der Waals surface area contributed by atoms with E-state index in [0.29, 0.717) is 0 Å². The molecular weight excluding hydrogens is 322 g/mol. The lowest BCUT2D eigenvalue weighted by Crippen LogP contribution is -2.02. The van der Waals surface area contributed by atoms with Gasteiger partial charge in [0.15, 0.2) is 11.6 Å². The minimum Gasteiger partial charge on any atom is -0.368 e. The summed E-state index contributed by atoms with van der Waals surface area (Å²) >= 11 is 2.17. The summed E-state index contributed by atoms with van der Waals surface area (Å²) in [5.41, 5.74) is 6.13. The van der Waals surface area contributed by atoms with Gasteiger partial charge in [0, 0.05) is 9.26 Å². The summed E-state index contributed by atoms with van der Waals surface area (Å²) in [5.74, 6) is -0.419. The van der Waals surface area contributed by atoms with E-state index in [4.69, 9.17) is 5.73 Å². The Kier molecular flexibility index (Phi) is 3.18. The Morgan fingerprint density at radius 3 is 2.94 bits per heavy atom. The number of hydrogen-bond acceptors (Lipinski definition) is 4. The Balaban J connectivity index is 2.30. The SMILES string of the molecule is Nc1ncc(F)c(Nc2cccc(I)c2)n1. The maximum absolute atomic E-state index is 13.3. The average Bonchev–Trinajstić information content (AvgIpc) is 2.24. The van der Waals surface area contributed by atoms with E-state index in [1.807, 2.05) is 24.3 Å². The van der Waals surface area contributed by atoms with Gasteiger partial charge in [-0.2, -0.15) is 4.98 Å². The van der Waals surface area contributed by atoms with Crippen LogP contribution in [0.5, 0.6) is 0 Å². The van der Waals surface area contributed by atoms with E-state index in [1.54, 1.807) is 0 Å². The fourth-order valence-electron chi connectivity index (χ4n) is 1.17. The van der Waals surface area contributed by atoms with Crippen LogP contribution in [-0.4, -0.2) is 9.97 Å². The van der Waals surface area contributed by atoms with Gasteiger partial charge in [-0.05, 0) is 40.8 Å². The second-order valence-corrected chi connectivity index (χ2v) is 4.31. The molecular formula is C10H8FIN4. The Hall–Kier alpha value is -1.44. The van der Waals surface area contributed by atoms with Gasteiger partial charge in [0.2, 0.25) is 5.95 Å². The zero-order valence-electron chi connectivity index (χ0n) is 8.11. The Morgan fingerprint density at radius 1 is 1.38 bits per heavy atom. The third-order valence-electron chi connectivity index (χ3n) is 1.85. The summed E-state index contributed by atoms with van der Waals surface area (Å²) < 4.78 is 14.4. The first kappa shape index (κ1) is 11.1. The number of nitrogens with two attached hydrogens (primary N) is 1. The molecule has 2 aromatic rings. The monoisotopic (exact) mass is 330 g/mol. The highest BCUT2D eigenvalue weighted by Crippen LogP contribution is 2.19. The van der Waals surface area contributed by atoms with Crippen LogP contribution in [0.25, 0.3) is 0 Å². The number of aromatic nitrogens is 2. The Morgan fingerprint density at radius 2 is 2.19 bits per heavy atom. The molecule has 0 fully saturated rings. The second kappa shape index (κ2) is 4.60. The van der Waals surface area contributed by atoms with Crippen molar-refractivity contribution in [3.05, 3.63) is 39.8 Å². The van der Waals surface area contributed by atoms with Crippen LogP contribution in [0.4, 0.5) is 21.8 Å². The molecule has 2 rings (SSSR count). The number of halogens is 2. The van der Waals surface area contributed by atoms with Crippen molar-refractivity contribution in [3.8, 4) is 0 Å². The van der Waals surface area contributed by atoms with Crippen molar-refractivity contribution in [2.24, 2.45) is 0 Å². The van der Waals surface area contributed by atoms with Crippen molar-refractivity contribution in [1.29, 1.82) is 0 Å². The van der Waals surface area contributed by atoms with E-state index in [1.165, 1.54) is 0 Å². The topological polar surface area (TPSA) is 63.8 Å². The first-order valence-electron chi connectivity index (χ1n) is 4.46. The van der Waals surface area contributed by atoms with Gasteiger partial charge >= 0.3 is 0 Å². The smallest absolute Gasteiger partial charge is 0.222 e. The van der Waals surface area contributed by atoms with Gasteiger partial charge in [-0.15, -0.1) is 0 Å². The lowest BCUT2D eigenvalue weighted by molar-refractivity contribution is 0.620. The molecule has 1 heterocycles. The summed E-state index contributed by atoms with van der Waals surface area (Å²) in [6.07, 6.45) is 1.04. The molecule has 0 unspecified atom stereocenters. The summed E-state index contributed by atoms with van der Waals surface area (Å²) in [6.45, 7) is 0. The predicted octanol–water partition coefficient (Wildman–Crippen LogP) is 2.55. The molecule has 0 saturated heterocycles. The molecule has 0 atom stereocenters. The molecule has 4 nitrogen and oxygen atoms in total. The van der Waals surface area contributed by atoms with Crippen molar-refractivity contribution < 1.29 is 4.39 Å². The molecule has 0 saturated carbocycles. The van der Waals surface area contributed by atoms with Crippen LogP contribution >= 0.6 is 22.6 Å². The molecule has 0 aliphatic heterocycles. The fraction of sp³-hybridized carbons (Fsp3) is 0. The molecule has 0 bridgehead atoms. The lowest BCUT2D eigenvalue weighted by atomic mass is 10.3. The number of nitrogens with zero attached hydrogens (tertiary/aromatic N) is 2. The second-order valence-electron chi connectivity index (χ2n) is 3.06. The van der Waals surface area contributed by atoms with Gasteiger partial charge in [-0.3, -0.25) is 0 Å². The molecule has 0 radical (unpaired) electrons. The third-order valence-corrected chi connectivity index (χ3v) is 2.52. The normalized spacial score (nSPS) is 10.1. The Bertz CT molecular complexity index is 518. The quantitative estimate of drug-likeness (QED) is 0.831. The summed E-state index contributed by atoms with van der Waals surface area (Å²) in [6, 6.07) is 7.50. The third kappa shape index (κ3) is 2.57. The van der Waals surface area contributed by atoms with Crippen LogP contribution in [0.15, 0.2) is 30.5 Å². The van der Waals surface area contributed by atoms with Crippen molar-refractivity contribution in [3.63, 3.8) is 0 Å². The highest BCUT2D eigenvalue weighted by atomic mass is 127. The van der Waals surface area contributed by atoms with E-state index in [-0.39, 0.29) is 11.8 Å². The molecule has 0 spiro atoms. The standard InChI is InChI=1S/C10H8FIN4/c11-8-5-14-10(13)16-9(8)15-7-3-1-2-6(12)4-7/h1-5H,(H3,13,14,15,16). The number of anilines is 3. The molecule has 82 valence electrons. The predicted molar refractivity (Wildman–Crippen MR) is 68.8 cm³/mol. The van der Waals surface area contributed by atoms with Crippen LogP contribution in [0, 0.1) is 9.39 Å². The van der Waals surface area contributed by atoms with E-state index in [0.717, 1.165) is 15.5 Å². The van der Waals surface area contributed by atoms with Crippen molar-refractivity contribution in [2.75, 3.05) is 11.1 Å². The number of nitrogen functional groups attached to an aromatic ring is 1. The summed E-state index contributed by atoms with van der Waals surface area (Å²) in [5, 5.41) is 2.84. The van der Waals surface area contributed by atoms with E-state index in [2.05, 4.69) is 37.9 Å². The first-order chi connectivity index (χ1) is 7.65. The number of hydrogen-bond donors (Lipinski definition) is 2. The summed E-state index contributed by atoms with van der Waals surface area (Å²) in [7, 11) is 0. The minimum atomic E-state index is -0.534. The molecule has 0 amide bonds. The van der Waals surface area contributed by atoms with Crippen molar-refractivity contribution in [2.45, 2.75) is 0 Å². The maximum Gasteiger partial charge on any atom is 0.222 e.